The molecule has 0 saturated heterocycles. The maximum atomic E-state index is 12.8. The minimum atomic E-state index is -1.04. The first kappa shape index (κ1) is 12.6. The van der Waals surface area contributed by atoms with Gasteiger partial charge in [0.25, 0.3) is 5.91 Å². The van der Waals surface area contributed by atoms with Gasteiger partial charge in [-0.3, -0.25) is 4.79 Å². The van der Waals surface area contributed by atoms with Gasteiger partial charge in [0.15, 0.2) is 11.6 Å². The zero-order chi connectivity index (χ0) is 12.0. The molecule has 1 aromatic carbocycles. The number of rotatable bonds is 4. The van der Waals surface area contributed by atoms with Gasteiger partial charge >= 0.3 is 0 Å². The number of amides is 1. The SMILES string of the molecule is O=C(NC/C=C/CCl)c1ccc(F)c(F)c1. The molecule has 0 aliphatic heterocycles. The highest BCUT2D eigenvalue weighted by molar-refractivity contribution is 6.18. The molecule has 16 heavy (non-hydrogen) atoms. The number of nitrogens with one attached hydrogen (secondary N) is 1. The van der Waals surface area contributed by atoms with Gasteiger partial charge in [-0.05, 0) is 18.2 Å². The van der Waals surface area contributed by atoms with Gasteiger partial charge in [0, 0.05) is 18.0 Å². The number of carbonyl (C=O) groups is 1. The molecule has 0 atom stereocenters. The van der Waals surface area contributed by atoms with Crippen molar-refractivity contribution in [2.24, 2.45) is 0 Å². The van der Waals surface area contributed by atoms with Crippen LogP contribution in [0.3, 0.4) is 0 Å². The number of alkyl halides is 1. The third kappa shape index (κ3) is 3.62. The molecule has 1 N–H and O–H groups in total. The smallest absolute Gasteiger partial charge is 0.251 e. The van der Waals surface area contributed by atoms with Crippen LogP contribution in [0.1, 0.15) is 10.4 Å². The molecule has 0 unspecified atom stereocenters. The minimum absolute atomic E-state index is 0.0816. The van der Waals surface area contributed by atoms with E-state index in [1.165, 1.54) is 6.07 Å². The Hall–Kier alpha value is -1.42. The van der Waals surface area contributed by atoms with Crippen molar-refractivity contribution < 1.29 is 13.6 Å². The first-order valence-electron chi connectivity index (χ1n) is 4.59. The van der Waals surface area contributed by atoms with Gasteiger partial charge in [-0.25, -0.2) is 8.78 Å². The second kappa shape index (κ2) is 6.23. The fourth-order valence-electron chi connectivity index (χ4n) is 1.04. The molecule has 0 fully saturated rings. The van der Waals surface area contributed by atoms with Crippen LogP contribution in [0.25, 0.3) is 0 Å². The summed E-state index contributed by atoms with van der Waals surface area (Å²) in [7, 11) is 0. The normalized spacial score (nSPS) is 10.7. The third-order valence-electron chi connectivity index (χ3n) is 1.82. The Morgan fingerprint density at radius 3 is 2.69 bits per heavy atom. The van der Waals surface area contributed by atoms with Gasteiger partial charge in [0.2, 0.25) is 0 Å². The Labute approximate surface area is 96.9 Å². The topological polar surface area (TPSA) is 29.1 Å². The van der Waals surface area contributed by atoms with Gasteiger partial charge < -0.3 is 5.32 Å². The van der Waals surface area contributed by atoms with E-state index in [0.717, 1.165) is 12.1 Å². The predicted octanol–water partition coefficient (Wildman–Crippen LogP) is 2.49. The number of allylic oxidation sites excluding steroid dienone is 1. The summed E-state index contributed by atoms with van der Waals surface area (Å²) in [6.07, 6.45) is 3.35. The molecule has 2 nitrogen and oxygen atoms in total. The average molecular weight is 246 g/mol. The third-order valence-corrected chi connectivity index (χ3v) is 2.00. The molecule has 0 spiro atoms. The van der Waals surface area contributed by atoms with E-state index >= 15 is 0 Å². The van der Waals surface area contributed by atoms with E-state index < -0.39 is 17.5 Å². The van der Waals surface area contributed by atoms with Gasteiger partial charge in [-0.2, -0.15) is 0 Å². The molecular formula is C11H10ClF2NO. The summed E-state index contributed by atoms with van der Waals surface area (Å²) in [6.45, 7) is 0.296. The van der Waals surface area contributed by atoms with Crippen LogP contribution in [0, 0.1) is 11.6 Å². The summed E-state index contributed by atoms with van der Waals surface area (Å²) in [5.74, 6) is -2.11. The van der Waals surface area contributed by atoms with Gasteiger partial charge in [0.1, 0.15) is 0 Å². The molecule has 0 saturated carbocycles. The van der Waals surface area contributed by atoms with Crippen LogP contribution in [0.15, 0.2) is 30.4 Å². The van der Waals surface area contributed by atoms with Crippen molar-refractivity contribution in [1.82, 2.24) is 5.32 Å². The maximum absolute atomic E-state index is 12.8. The summed E-state index contributed by atoms with van der Waals surface area (Å²) in [5, 5.41) is 2.51. The lowest BCUT2D eigenvalue weighted by molar-refractivity contribution is 0.0957. The molecule has 5 heteroatoms. The fraction of sp³-hybridized carbons (Fsp3) is 0.182. The Morgan fingerprint density at radius 1 is 1.31 bits per heavy atom. The first-order chi connectivity index (χ1) is 7.65. The maximum Gasteiger partial charge on any atom is 0.251 e. The van der Waals surface area contributed by atoms with Crippen LogP contribution in [-0.2, 0) is 0 Å². The predicted molar refractivity (Wildman–Crippen MR) is 58.6 cm³/mol. The summed E-state index contributed by atoms with van der Waals surface area (Å²) < 4.78 is 25.4. The average Bonchev–Trinajstić information content (AvgIpc) is 2.28. The van der Waals surface area contributed by atoms with E-state index in [9.17, 15) is 13.6 Å². The summed E-state index contributed by atoms with van der Waals surface area (Å²) >= 11 is 5.38. The number of hydrogen-bond donors (Lipinski definition) is 1. The van der Waals surface area contributed by atoms with Crippen molar-refractivity contribution in [3.8, 4) is 0 Å². The first-order valence-corrected chi connectivity index (χ1v) is 5.13. The van der Waals surface area contributed by atoms with Crippen LogP contribution in [0.2, 0.25) is 0 Å². The summed E-state index contributed by atoms with van der Waals surface area (Å²) in [5.41, 5.74) is 0.0816. The Kier molecular flexibility index (Phi) is 4.92. The number of hydrogen-bond acceptors (Lipinski definition) is 1. The lowest BCUT2D eigenvalue weighted by atomic mass is 10.2. The van der Waals surface area contributed by atoms with Crippen LogP contribution in [0.4, 0.5) is 8.78 Å². The highest BCUT2D eigenvalue weighted by Crippen LogP contribution is 2.08. The second-order valence-corrected chi connectivity index (χ2v) is 3.27. The van der Waals surface area contributed by atoms with E-state index in [-0.39, 0.29) is 5.56 Å². The minimum Gasteiger partial charge on any atom is -0.349 e. The molecule has 0 radical (unpaired) electrons. The highest BCUT2D eigenvalue weighted by atomic mass is 35.5. The number of benzene rings is 1. The van der Waals surface area contributed by atoms with Crippen molar-refractivity contribution in [2.75, 3.05) is 12.4 Å². The molecule has 1 amide bonds. The lowest BCUT2D eigenvalue weighted by Gasteiger charge is -2.02. The van der Waals surface area contributed by atoms with Gasteiger partial charge in [-0.15, -0.1) is 11.6 Å². The van der Waals surface area contributed by atoms with Crippen molar-refractivity contribution in [2.45, 2.75) is 0 Å². The number of carbonyl (C=O) groups excluding carboxylic acids is 1. The molecule has 86 valence electrons. The van der Waals surface area contributed by atoms with E-state index in [1.54, 1.807) is 12.2 Å². The van der Waals surface area contributed by atoms with Gasteiger partial charge in [-0.1, -0.05) is 12.2 Å². The molecule has 0 heterocycles. The monoisotopic (exact) mass is 245 g/mol. The summed E-state index contributed by atoms with van der Waals surface area (Å²) in [4.78, 5) is 11.4. The van der Waals surface area contributed by atoms with E-state index in [2.05, 4.69) is 5.32 Å². The molecule has 0 aromatic heterocycles. The second-order valence-electron chi connectivity index (χ2n) is 2.96. The quantitative estimate of drug-likeness (QED) is 0.641. The molecule has 1 aromatic rings. The van der Waals surface area contributed by atoms with Crippen molar-refractivity contribution >= 4 is 17.5 Å². The Bertz CT molecular complexity index is 407. The molecule has 0 aliphatic rings. The van der Waals surface area contributed by atoms with Crippen LogP contribution in [0.5, 0.6) is 0 Å². The lowest BCUT2D eigenvalue weighted by Crippen LogP contribution is -2.23. The molecule has 0 bridgehead atoms. The van der Waals surface area contributed by atoms with E-state index in [4.69, 9.17) is 11.6 Å². The highest BCUT2D eigenvalue weighted by Gasteiger charge is 2.08. The Balaban J connectivity index is 2.59. The fourth-order valence-corrected chi connectivity index (χ4v) is 1.16. The standard InChI is InChI=1S/C11H10ClF2NO/c12-5-1-2-6-15-11(16)8-3-4-9(13)10(14)7-8/h1-4,7H,5-6H2,(H,15,16)/b2-1+. The largest absolute Gasteiger partial charge is 0.349 e. The zero-order valence-electron chi connectivity index (χ0n) is 8.34. The molecular weight excluding hydrogens is 236 g/mol. The summed E-state index contributed by atoms with van der Waals surface area (Å²) in [6, 6.07) is 2.99. The Morgan fingerprint density at radius 2 is 2.06 bits per heavy atom. The van der Waals surface area contributed by atoms with Crippen molar-refractivity contribution in [3.63, 3.8) is 0 Å². The van der Waals surface area contributed by atoms with E-state index in [0.29, 0.717) is 12.4 Å². The zero-order valence-corrected chi connectivity index (χ0v) is 9.10. The number of halogens is 3. The van der Waals surface area contributed by atoms with Crippen molar-refractivity contribution in [3.05, 3.63) is 47.5 Å². The molecule has 0 aliphatic carbocycles. The molecule has 1 rings (SSSR count). The van der Waals surface area contributed by atoms with Crippen LogP contribution < -0.4 is 5.32 Å². The van der Waals surface area contributed by atoms with Crippen LogP contribution in [-0.4, -0.2) is 18.3 Å². The van der Waals surface area contributed by atoms with Gasteiger partial charge in [0.05, 0.1) is 0 Å². The van der Waals surface area contributed by atoms with E-state index in [1.807, 2.05) is 0 Å². The van der Waals surface area contributed by atoms with Crippen LogP contribution >= 0.6 is 11.6 Å². The van der Waals surface area contributed by atoms with Crippen molar-refractivity contribution in [1.29, 1.82) is 0 Å².